The quantitative estimate of drug-likeness (QED) is 0.731. The number of carbonyl (C=O) groups is 1. The summed E-state index contributed by atoms with van der Waals surface area (Å²) in [6, 6.07) is 1.71. The van der Waals surface area contributed by atoms with Crippen LogP contribution in [0.2, 0.25) is 0 Å². The summed E-state index contributed by atoms with van der Waals surface area (Å²) in [5, 5.41) is 0.152. The summed E-state index contributed by atoms with van der Waals surface area (Å²) in [6.45, 7) is 1.71. The number of rotatable bonds is 5. The number of halogens is 1. The van der Waals surface area contributed by atoms with Crippen LogP contribution in [0.1, 0.15) is 39.8 Å². The average Bonchev–Trinajstić information content (AvgIpc) is 3.25. The van der Waals surface area contributed by atoms with Crippen LogP contribution in [0.25, 0.3) is 0 Å². The molecule has 1 aliphatic rings. The van der Waals surface area contributed by atoms with Gasteiger partial charge in [0.25, 0.3) is 10.0 Å². The standard InChI is InChI=1S/C14H16BrN3O4S2/c1-7-16-13(11(15)18(7)2)24(20,21)17-12-9(14(19)22-3)6-10(23-12)8-4-5-8/h6,8,17H,4-5H2,1-3H3. The number of ether oxygens (including phenoxy) is 1. The van der Waals surface area contributed by atoms with E-state index < -0.39 is 16.0 Å². The van der Waals surface area contributed by atoms with Gasteiger partial charge in [-0.15, -0.1) is 11.3 Å². The van der Waals surface area contributed by atoms with Crippen molar-refractivity contribution >= 4 is 48.3 Å². The molecule has 130 valence electrons. The van der Waals surface area contributed by atoms with E-state index in [9.17, 15) is 13.2 Å². The van der Waals surface area contributed by atoms with Gasteiger partial charge in [-0.25, -0.2) is 9.78 Å². The lowest BCUT2D eigenvalue weighted by molar-refractivity contribution is 0.0602. The molecule has 0 radical (unpaired) electrons. The molecule has 0 atom stereocenters. The van der Waals surface area contributed by atoms with Crippen LogP contribution >= 0.6 is 27.3 Å². The van der Waals surface area contributed by atoms with Crippen LogP contribution in [0.4, 0.5) is 5.00 Å². The number of hydrogen-bond donors (Lipinski definition) is 1. The fraction of sp³-hybridized carbons (Fsp3) is 0.429. The lowest BCUT2D eigenvalue weighted by atomic mass is 10.2. The third-order valence-corrected chi connectivity index (χ3v) is 7.62. The number of imidazole rings is 1. The zero-order valence-electron chi connectivity index (χ0n) is 13.3. The number of nitrogens with one attached hydrogen (secondary N) is 1. The number of nitrogens with zero attached hydrogens (tertiary/aromatic N) is 2. The van der Waals surface area contributed by atoms with E-state index in [1.54, 1.807) is 24.6 Å². The molecule has 2 heterocycles. The number of thiophene rings is 1. The first-order valence-electron chi connectivity index (χ1n) is 7.18. The Morgan fingerprint density at radius 3 is 2.67 bits per heavy atom. The van der Waals surface area contributed by atoms with Gasteiger partial charge in [-0.05, 0) is 47.7 Å². The lowest BCUT2D eigenvalue weighted by Crippen LogP contribution is -2.15. The van der Waals surface area contributed by atoms with Gasteiger partial charge in [-0.1, -0.05) is 0 Å². The van der Waals surface area contributed by atoms with Crippen molar-refractivity contribution in [3.63, 3.8) is 0 Å². The van der Waals surface area contributed by atoms with E-state index in [1.807, 2.05) is 0 Å². The number of anilines is 1. The maximum absolute atomic E-state index is 12.7. The number of aromatic nitrogens is 2. The molecule has 0 amide bonds. The number of hydrogen-bond acceptors (Lipinski definition) is 6. The normalized spacial score (nSPS) is 14.7. The Hall–Kier alpha value is -1.39. The zero-order chi connectivity index (χ0) is 17.6. The van der Waals surface area contributed by atoms with Crippen LogP contribution in [-0.2, 0) is 21.8 Å². The molecule has 1 fully saturated rings. The Morgan fingerprint density at radius 2 is 2.17 bits per heavy atom. The highest BCUT2D eigenvalue weighted by Crippen LogP contribution is 2.46. The molecule has 10 heteroatoms. The molecule has 2 aromatic rings. The highest BCUT2D eigenvalue weighted by molar-refractivity contribution is 9.10. The van der Waals surface area contributed by atoms with Crippen molar-refractivity contribution < 1.29 is 17.9 Å². The SMILES string of the molecule is COC(=O)c1cc(C2CC2)sc1NS(=O)(=O)c1nc(C)n(C)c1Br. The Bertz CT molecular complexity index is 913. The average molecular weight is 434 g/mol. The van der Waals surface area contributed by atoms with E-state index in [1.165, 1.54) is 18.4 Å². The van der Waals surface area contributed by atoms with E-state index in [-0.39, 0.29) is 15.6 Å². The van der Waals surface area contributed by atoms with E-state index in [0.717, 1.165) is 17.7 Å². The molecule has 7 nitrogen and oxygen atoms in total. The first-order chi connectivity index (χ1) is 11.2. The second kappa shape index (κ2) is 6.16. The maximum atomic E-state index is 12.7. The van der Waals surface area contributed by atoms with Crippen LogP contribution in [0.5, 0.6) is 0 Å². The smallest absolute Gasteiger partial charge is 0.340 e. The van der Waals surface area contributed by atoms with Crippen molar-refractivity contribution in [1.29, 1.82) is 0 Å². The monoisotopic (exact) mass is 433 g/mol. The molecular weight excluding hydrogens is 418 g/mol. The highest BCUT2D eigenvalue weighted by atomic mass is 79.9. The molecule has 0 spiro atoms. The van der Waals surface area contributed by atoms with Crippen LogP contribution in [-0.4, -0.2) is 31.0 Å². The molecule has 24 heavy (non-hydrogen) atoms. The van der Waals surface area contributed by atoms with E-state index in [4.69, 9.17) is 4.74 Å². The first-order valence-corrected chi connectivity index (χ1v) is 10.3. The van der Waals surface area contributed by atoms with Gasteiger partial charge in [-0.3, -0.25) is 4.72 Å². The predicted molar refractivity (Wildman–Crippen MR) is 94.1 cm³/mol. The Labute approximate surface area is 152 Å². The second-order valence-corrected chi connectivity index (χ2v) is 9.01. The van der Waals surface area contributed by atoms with Crippen molar-refractivity contribution in [2.24, 2.45) is 7.05 Å². The summed E-state index contributed by atoms with van der Waals surface area (Å²) < 4.78 is 34.6. The number of sulfonamides is 1. The lowest BCUT2D eigenvalue weighted by Gasteiger charge is -2.06. The van der Waals surface area contributed by atoms with Crippen molar-refractivity contribution in [2.45, 2.75) is 30.7 Å². The summed E-state index contributed by atoms with van der Waals surface area (Å²) >= 11 is 4.51. The van der Waals surface area contributed by atoms with Crippen LogP contribution in [0, 0.1) is 6.92 Å². The molecule has 1 aliphatic carbocycles. The largest absolute Gasteiger partial charge is 0.465 e. The van der Waals surface area contributed by atoms with E-state index in [2.05, 4.69) is 25.6 Å². The summed E-state index contributed by atoms with van der Waals surface area (Å²) in [5.41, 5.74) is 0.233. The fourth-order valence-electron chi connectivity index (χ4n) is 2.21. The molecule has 1 saturated carbocycles. The molecule has 2 aromatic heterocycles. The molecule has 0 bridgehead atoms. The van der Waals surface area contributed by atoms with Crippen LogP contribution < -0.4 is 4.72 Å². The molecule has 0 unspecified atom stereocenters. The van der Waals surface area contributed by atoms with Crippen molar-refractivity contribution in [2.75, 3.05) is 11.8 Å². The van der Waals surface area contributed by atoms with Gasteiger partial charge < -0.3 is 9.30 Å². The van der Waals surface area contributed by atoms with Gasteiger partial charge in [0.05, 0.1) is 12.7 Å². The van der Waals surface area contributed by atoms with Gasteiger partial charge >= 0.3 is 5.97 Å². The summed E-state index contributed by atoms with van der Waals surface area (Å²) in [5.74, 6) is 0.396. The van der Waals surface area contributed by atoms with Gasteiger partial charge in [0.15, 0.2) is 0 Å². The van der Waals surface area contributed by atoms with Crippen molar-refractivity contribution in [1.82, 2.24) is 9.55 Å². The van der Waals surface area contributed by atoms with E-state index >= 15 is 0 Å². The van der Waals surface area contributed by atoms with Crippen LogP contribution in [0.3, 0.4) is 0 Å². The number of esters is 1. The topological polar surface area (TPSA) is 90.3 Å². The first kappa shape index (κ1) is 17.4. The van der Waals surface area contributed by atoms with Gasteiger partial charge in [-0.2, -0.15) is 8.42 Å². The van der Waals surface area contributed by atoms with Crippen molar-refractivity contribution in [3.05, 3.63) is 26.9 Å². The second-order valence-electron chi connectivity index (χ2n) is 5.58. The molecule has 0 saturated heterocycles. The number of carbonyl (C=O) groups excluding carboxylic acids is 1. The van der Waals surface area contributed by atoms with E-state index in [0.29, 0.717) is 16.3 Å². The minimum absolute atomic E-state index is 0.111. The van der Waals surface area contributed by atoms with Crippen molar-refractivity contribution in [3.8, 4) is 0 Å². The molecule has 0 aromatic carbocycles. The summed E-state index contributed by atoms with van der Waals surface area (Å²) in [7, 11) is -0.946. The Morgan fingerprint density at radius 1 is 1.50 bits per heavy atom. The third-order valence-electron chi connectivity index (χ3n) is 3.84. The zero-order valence-corrected chi connectivity index (χ0v) is 16.5. The minimum atomic E-state index is -3.93. The predicted octanol–water partition coefficient (Wildman–Crippen LogP) is 3.02. The highest BCUT2D eigenvalue weighted by Gasteiger charge is 2.31. The molecule has 0 aliphatic heterocycles. The van der Waals surface area contributed by atoms with Gasteiger partial charge in [0.1, 0.15) is 15.4 Å². The fourth-order valence-corrected chi connectivity index (χ4v) is 5.82. The molecule has 3 rings (SSSR count). The number of methoxy groups -OCH3 is 1. The third kappa shape index (κ3) is 3.09. The Kier molecular flexibility index (Phi) is 4.47. The van der Waals surface area contributed by atoms with Gasteiger partial charge in [0.2, 0.25) is 5.03 Å². The van der Waals surface area contributed by atoms with Gasteiger partial charge in [0, 0.05) is 11.9 Å². The maximum Gasteiger partial charge on any atom is 0.340 e. The van der Waals surface area contributed by atoms with Crippen LogP contribution in [0.15, 0.2) is 15.7 Å². The molecule has 1 N–H and O–H groups in total. The molecular formula is C14H16BrN3O4S2. The Balaban J connectivity index is 2.00. The minimum Gasteiger partial charge on any atom is -0.465 e. The summed E-state index contributed by atoms with van der Waals surface area (Å²) in [6.07, 6.45) is 2.11. The summed E-state index contributed by atoms with van der Waals surface area (Å²) in [4.78, 5) is 17.0. The number of aryl methyl sites for hydroxylation is 1.